The van der Waals surface area contributed by atoms with Gasteiger partial charge < -0.3 is 15.7 Å². The summed E-state index contributed by atoms with van der Waals surface area (Å²) in [6.45, 7) is 2.33. The molecule has 0 bridgehead atoms. The third kappa shape index (κ3) is 3.29. The highest BCUT2D eigenvalue weighted by Crippen LogP contribution is 2.03. The number of hydrogen-bond acceptors (Lipinski definition) is 4. The largest absolute Gasteiger partial charge is 0.392 e. The van der Waals surface area contributed by atoms with Gasteiger partial charge in [0.15, 0.2) is 0 Å². The zero-order valence-electron chi connectivity index (χ0n) is 9.55. The van der Waals surface area contributed by atoms with E-state index in [4.69, 9.17) is 10.8 Å². The first-order chi connectivity index (χ1) is 7.54. The van der Waals surface area contributed by atoms with E-state index in [0.717, 1.165) is 5.56 Å². The minimum Gasteiger partial charge on any atom is -0.392 e. The van der Waals surface area contributed by atoms with Crippen molar-refractivity contribution in [1.29, 1.82) is 0 Å². The lowest BCUT2D eigenvalue weighted by atomic mass is 10.2. The van der Waals surface area contributed by atoms with Crippen LogP contribution in [0, 0.1) is 0 Å². The molecule has 1 atom stereocenters. The summed E-state index contributed by atoms with van der Waals surface area (Å²) in [6, 6.07) is 3.42. The predicted octanol–water partition coefficient (Wildman–Crippen LogP) is -0.00690. The van der Waals surface area contributed by atoms with Gasteiger partial charge in [-0.25, -0.2) is 0 Å². The van der Waals surface area contributed by atoms with Crippen molar-refractivity contribution < 1.29 is 9.90 Å². The molecule has 0 saturated heterocycles. The zero-order valence-corrected chi connectivity index (χ0v) is 9.55. The molecule has 0 saturated carbocycles. The third-order valence-electron chi connectivity index (χ3n) is 2.16. The number of pyridine rings is 1. The van der Waals surface area contributed by atoms with Crippen molar-refractivity contribution in [3.8, 4) is 0 Å². The van der Waals surface area contributed by atoms with Crippen LogP contribution in [-0.2, 0) is 6.54 Å². The molecule has 0 aromatic carbocycles. The van der Waals surface area contributed by atoms with Gasteiger partial charge in [0.05, 0.1) is 6.10 Å². The summed E-state index contributed by atoms with van der Waals surface area (Å²) < 4.78 is 0. The summed E-state index contributed by atoms with van der Waals surface area (Å²) >= 11 is 0. The van der Waals surface area contributed by atoms with E-state index in [2.05, 4.69) is 4.98 Å². The second kappa shape index (κ2) is 5.58. The normalized spacial score (nSPS) is 12.2. The van der Waals surface area contributed by atoms with Gasteiger partial charge in [-0.2, -0.15) is 0 Å². The van der Waals surface area contributed by atoms with Crippen LogP contribution in [-0.4, -0.2) is 40.6 Å². The summed E-state index contributed by atoms with van der Waals surface area (Å²) in [5, 5.41) is 9.17. The number of rotatable bonds is 4. The second-order valence-corrected chi connectivity index (χ2v) is 3.79. The first-order valence-electron chi connectivity index (χ1n) is 5.13. The second-order valence-electron chi connectivity index (χ2n) is 3.79. The molecule has 3 N–H and O–H groups in total. The number of hydrogen-bond donors (Lipinski definition) is 2. The number of aliphatic hydroxyl groups is 1. The van der Waals surface area contributed by atoms with Crippen molar-refractivity contribution in [3.63, 3.8) is 0 Å². The number of nitrogens with zero attached hydrogens (tertiary/aromatic N) is 2. The summed E-state index contributed by atoms with van der Waals surface area (Å²) in [5.41, 5.74) is 6.68. The molecule has 5 nitrogen and oxygen atoms in total. The van der Waals surface area contributed by atoms with Gasteiger partial charge in [-0.05, 0) is 18.6 Å². The topological polar surface area (TPSA) is 79.5 Å². The Balaban J connectivity index is 2.72. The van der Waals surface area contributed by atoms with Crippen LogP contribution in [0.2, 0.25) is 0 Å². The van der Waals surface area contributed by atoms with E-state index in [1.54, 1.807) is 32.3 Å². The lowest BCUT2D eigenvalue weighted by Crippen LogP contribution is -2.33. The number of carbonyl (C=O) groups excluding carboxylic acids is 1. The van der Waals surface area contributed by atoms with E-state index in [9.17, 15) is 4.79 Å². The van der Waals surface area contributed by atoms with Crippen molar-refractivity contribution in [2.75, 3.05) is 13.6 Å². The molecular formula is C11H17N3O2. The molecule has 1 aromatic rings. The van der Waals surface area contributed by atoms with E-state index in [1.165, 1.54) is 4.90 Å². The Morgan fingerprint density at radius 2 is 2.31 bits per heavy atom. The van der Waals surface area contributed by atoms with Gasteiger partial charge >= 0.3 is 0 Å². The number of aromatic nitrogens is 1. The SMILES string of the molecule is CC(O)CN(C)C(=O)c1ccc(CN)cn1. The maximum absolute atomic E-state index is 11.8. The van der Waals surface area contributed by atoms with Crippen molar-refractivity contribution in [2.24, 2.45) is 5.73 Å². The molecule has 1 unspecified atom stereocenters. The van der Waals surface area contributed by atoms with Crippen LogP contribution in [0.25, 0.3) is 0 Å². The van der Waals surface area contributed by atoms with E-state index in [-0.39, 0.29) is 5.91 Å². The van der Waals surface area contributed by atoms with Crippen molar-refractivity contribution >= 4 is 5.91 Å². The van der Waals surface area contributed by atoms with E-state index in [1.807, 2.05) is 0 Å². The van der Waals surface area contributed by atoms with Crippen molar-refractivity contribution in [2.45, 2.75) is 19.6 Å². The minimum absolute atomic E-state index is 0.204. The Bertz CT molecular complexity index is 349. The molecule has 0 radical (unpaired) electrons. The fraction of sp³-hybridized carbons (Fsp3) is 0.455. The standard InChI is InChI=1S/C11H17N3O2/c1-8(15)7-14(2)11(16)10-4-3-9(5-12)6-13-10/h3-4,6,8,15H,5,7,12H2,1-2H3. The van der Waals surface area contributed by atoms with Crippen LogP contribution < -0.4 is 5.73 Å². The van der Waals surface area contributed by atoms with Crippen molar-refractivity contribution in [1.82, 2.24) is 9.88 Å². The van der Waals surface area contributed by atoms with Crippen molar-refractivity contribution in [3.05, 3.63) is 29.6 Å². The van der Waals surface area contributed by atoms with Crippen LogP contribution in [0.4, 0.5) is 0 Å². The first kappa shape index (κ1) is 12.6. The molecule has 5 heteroatoms. The lowest BCUT2D eigenvalue weighted by molar-refractivity contribution is 0.0698. The Hall–Kier alpha value is -1.46. The molecule has 0 fully saturated rings. The summed E-state index contributed by atoms with van der Waals surface area (Å²) in [4.78, 5) is 17.3. The lowest BCUT2D eigenvalue weighted by Gasteiger charge is -2.18. The molecule has 1 heterocycles. The molecule has 1 aromatic heterocycles. The Morgan fingerprint density at radius 3 is 2.75 bits per heavy atom. The molecular weight excluding hydrogens is 206 g/mol. The maximum atomic E-state index is 11.8. The highest BCUT2D eigenvalue weighted by molar-refractivity contribution is 5.92. The van der Waals surface area contributed by atoms with E-state index in [0.29, 0.717) is 18.8 Å². The molecule has 16 heavy (non-hydrogen) atoms. The fourth-order valence-electron chi connectivity index (χ4n) is 1.35. The average Bonchev–Trinajstić information content (AvgIpc) is 2.27. The van der Waals surface area contributed by atoms with Gasteiger partial charge in [0.2, 0.25) is 0 Å². The third-order valence-corrected chi connectivity index (χ3v) is 2.16. The van der Waals surface area contributed by atoms with Gasteiger partial charge in [0, 0.05) is 26.3 Å². The van der Waals surface area contributed by atoms with Gasteiger partial charge in [-0.15, -0.1) is 0 Å². The summed E-state index contributed by atoms with van der Waals surface area (Å²) in [6.07, 6.45) is 1.04. The van der Waals surface area contributed by atoms with E-state index >= 15 is 0 Å². The highest BCUT2D eigenvalue weighted by Gasteiger charge is 2.14. The molecule has 0 spiro atoms. The Labute approximate surface area is 94.9 Å². The number of amides is 1. The fourth-order valence-corrected chi connectivity index (χ4v) is 1.35. The predicted molar refractivity (Wildman–Crippen MR) is 60.8 cm³/mol. The molecule has 0 aliphatic carbocycles. The Kier molecular flexibility index (Phi) is 4.39. The van der Waals surface area contributed by atoms with Gasteiger partial charge in [-0.1, -0.05) is 6.07 Å². The van der Waals surface area contributed by atoms with Crippen LogP contribution in [0.1, 0.15) is 23.0 Å². The van der Waals surface area contributed by atoms with Gasteiger partial charge in [0.25, 0.3) is 5.91 Å². The average molecular weight is 223 g/mol. The first-order valence-corrected chi connectivity index (χ1v) is 5.13. The van der Waals surface area contributed by atoms with Crippen LogP contribution in [0.15, 0.2) is 18.3 Å². The minimum atomic E-state index is -0.544. The smallest absolute Gasteiger partial charge is 0.272 e. The van der Waals surface area contributed by atoms with E-state index < -0.39 is 6.10 Å². The van der Waals surface area contributed by atoms with Crippen LogP contribution in [0.5, 0.6) is 0 Å². The highest BCUT2D eigenvalue weighted by atomic mass is 16.3. The summed E-state index contributed by atoms with van der Waals surface area (Å²) in [7, 11) is 1.63. The number of nitrogens with two attached hydrogens (primary N) is 1. The van der Waals surface area contributed by atoms with Crippen LogP contribution in [0.3, 0.4) is 0 Å². The van der Waals surface area contributed by atoms with Gasteiger partial charge in [-0.3, -0.25) is 9.78 Å². The number of aliphatic hydroxyl groups excluding tert-OH is 1. The molecule has 0 aliphatic heterocycles. The molecule has 88 valence electrons. The maximum Gasteiger partial charge on any atom is 0.272 e. The molecule has 1 rings (SSSR count). The van der Waals surface area contributed by atoms with Gasteiger partial charge in [0.1, 0.15) is 5.69 Å². The Morgan fingerprint density at radius 1 is 1.62 bits per heavy atom. The molecule has 0 aliphatic rings. The monoisotopic (exact) mass is 223 g/mol. The quantitative estimate of drug-likeness (QED) is 0.752. The number of carbonyl (C=O) groups is 1. The van der Waals surface area contributed by atoms with Crippen LogP contribution >= 0.6 is 0 Å². The number of likely N-dealkylation sites (N-methyl/N-ethyl adjacent to an activating group) is 1. The zero-order chi connectivity index (χ0) is 12.1. The summed E-state index contributed by atoms with van der Waals surface area (Å²) in [5.74, 6) is -0.204. The molecule has 1 amide bonds.